The highest BCUT2D eigenvalue weighted by Crippen LogP contribution is 2.32. The van der Waals surface area contributed by atoms with Crippen LogP contribution in [-0.2, 0) is 16.0 Å². The molecule has 0 saturated carbocycles. The highest BCUT2D eigenvalue weighted by atomic mass is 35.5. The fourth-order valence-corrected chi connectivity index (χ4v) is 4.34. The Balaban J connectivity index is 1.37. The molecule has 4 rings (SSSR count). The lowest BCUT2D eigenvalue weighted by Crippen LogP contribution is -2.44. The predicted molar refractivity (Wildman–Crippen MR) is 142 cm³/mol. The summed E-state index contributed by atoms with van der Waals surface area (Å²) in [7, 11) is 0. The normalized spacial score (nSPS) is 14.7. The van der Waals surface area contributed by atoms with Crippen LogP contribution in [0.25, 0.3) is 11.0 Å². The maximum atomic E-state index is 12.3. The fourth-order valence-electron chi connectivity index (χ4n) is 4.11. The quantitative estimate of drug-likeness (QED) is 0.385. The van der Waals surface area contributed by atoms with Crippen molar-refractivity contribution >= 4 is 40.2 Å². The molecule has 37 heavy (non-hydrogen) atoms. The van der Waals surface area contributed by atoms with Gasteiger partial charge in [-0.2, -0.15) is 0 Å². The number of piperidine rings is 1. The van der Waals surface area contributed by atoms with E-state index in [0.717, 1.165) is 16.7 Å². The van der Waals surface area contributed by atoms with Crippen LogP contribution in [-0.4, -0.2) is 75.2 Å². The molecular formula is C26H34ClN5O5. The van der Waals surface area contributed by atoms with Crippen LogP contribution in [0.1, 0.15) is 33.6 Å². The highest BCUT2D eigenvalue weighted by Gasteiger charge is 2.28. The summed E-state index contributed by atoms with van der Waals surface area (Å²) >= 11 is 6.57. The number of nitrogens with one attached hydrogen (secondary N) is 1. The molecule has 0 bridgehead atoms. The molecule has 2 aromatic heterocycles. The summed E-state index contributed by atoms with van der Waals surface area (Å²) < 4.78 is 19.0. The fraction of sp³-hybridized carbons (Fsp3) is 0.500. The molecule has 1 aromatic carbocycles. The number of halogens is 1. The number of fused-ring (bicyclic) bond motifs is 1. The molecule has 1 fully saturated rings. The van der Waals surface area contributed by atoms with E-state index in [2.05, 4.69) is 15.3 Å². The molecule has 3 heterocycles. The van der Waals surface area contributed by atoms with Gasteiger partial charge in [-0.15, -0.1) is 0 Å². The van der Waals surface area contributed by atoms with Gasteiger partial charge in [-0.25, -0.2) is 14.8 Å². The van der Waals surface area contributed by atoms with E-state index >= 15 is 0 Å². The van der Waals surface area contributed by atoms with Crippen molar-refractivity contribution in [2.24, 2.45) is 0 Å². The van der Waals surface area contributed by atoms with Crippen molar-refractivity contribution in [2.45, 2.75) is 51.9 Å². The highest BCUT2D eigenvalue weighted by molar-refractivity contribution is 6.32. The van der Waals surface area contributed by atoms with E-state index in [1.807, 2.05) is 49.7 Å². The number of rotatable bonds is 9. The first-order valence-electron chi connectivity index (χ1n) is 12.4. The van der Waals surface area contributed by atoms with E-state index in [1.165, 1.54) is 6.33 Å². The van der Waals surface area contributed by atoms with Gasteiger partial charge < -0.3 is 34.1 Å². The number of benzene rings is 1. The molecule has 3 aromatic rings. The van der Waals surface area contributed by atoms with Gasteiger partial charge in [0.25, 0.3) is 0 Å². The van der Waals surface area contributed by atoms with Gasteiger partial charge in [0.2, 0.25) is 0 Å². The maximum absolute atomic E-state index is 12.3. The topological polar surface area (TPSA) is 111 Å². The molecule has 10 nitrogen and oxygen atoms in total. The Morgan fingerprint density at radius 2 is 1.97 bits per heavy atom. The lowest BCUT2D eigenvalue weighted by molar-refractivity contribution is 0.0126. The molecular weight excluding hydrogens is 498 g/mol. The van der Waals surface area contributed by atoms with Crippen LogP contribution in [0.15, 0.2) is 36.8 Å². The molecule has 0 radical (unpaired) electrons. The summed E-state index contributed by atoms with van der Waals surface area (Å²) in [4.78, 5) is 22.8. The maximum Gasteiger partial charge on any atom is 0.410 e. The molecule has 0 aliphatic carbocycles. The van der Waals surface area contributed by atoms with Crippen LogP contribution < -0.4 is 10.1 Å². The van der Waals surface area contributed by atoms with Gasteiger partial charge in [-0.3, -0.25) is 0 Å². The Hall–Kier alpha value is -3.08. The zero-order valence-electron chi connectivity index (χ0n) is 21.4. The number of nitrogens with zero attached hydrogens (tertiary/aromatic N) is 4. The Morgan fingerprint density at radius 3 is 2.68 bits per heavy atom. The van der Waals surface area contributed by atoms with Crippen LogP contribution in [0.2, 0.25) is 5.02 Å². The minimum Gasteiger partial charge on any atom is -0.489 e. The third-order valence-corrected chi connectivity index (χ3v) is 6.14. The second-order valence-corrected chi connectivity index (χ2v) is 10.3. The van der Waals surface area contributed by atoms with Gasteiger partial charge in [0.15, 0.2) is 5.82 Å². The molecule has 1 amide bonds. The van der Waals surface area contributed by atoms with Crippen molar-refractivity contribution in [1.29, 1.82) is 0 Å². The summed E-state index contributed by atoms with van der Waals surface area (Å²) in [6, 6.07) is 7.46. The van der Waals surface area contributed by atoms with Crippen LogP contribution in [0, 0.1) is 0 Å². The van der Waals surface area contributed by atoms with Gasteiger partial charge in [0.1, 0.15) is 29.3 Å². The van der Waals surface area contributed by atoms with Gasteiger partial charge in [-0.1, -0.05) is 11.6 Å². The van der Waals surface area contributed by atoms with Gasteiger partial charge in [0, 0.05) is 44.4 Å². The van der Waals surface area contributed by atoms with E-state index in [0.29, 0.717) is 62.3 Å². The molecule has 200 valence electrons. The lowest BCUT2D eigenvalue weighted by Gasteiger charge is -2.33. The number of likely N-dealkylation sites (tertiary alicyclic amines) is 1. The van der Waals surface area contributed by atoms with Crippen molar-refractivity contribution in [3.05, 3.63) is 41.8 Å². The van der Waals surface area contributed by atoms with E-state index in [9.17, 15) is 4.79 Å². The summed E-state index contributed by atoms with van der Waals surface area (Å²) in [5, 5.41) is 12.7. The second kappa shape index (κ2) is 12.0. The van der Waals surface area contributed by atoms with Crippen molar-refractivity contribution in [3.63, 3.8) is 0 Å². The number of anilines is 2. The average Bonchev–Trinajstić information content (AvgIpc) is 3.27. The monoisotopic (exact) mass is 531 g/mol. The Morgan fingerprint density at radius 1 is 1.19 bits per heavy atom. The Kier molecular flexibility index (Phi) is 8.73. The SMILES string of the molecule is CC(C)(C)OC(=O)N1CCC(Oc2ccc(Nc3ncnc4ccn(CCOCCO)c34)cc2Cl)CC1. The molecule has 0 atom stereocenters. The first kappa shape index (κ1) is 27.0. The molecule has 1 aliphatic rings. The average molecular weight is 532 g/mol. The van der Waals surface area contributed by atoms with Crippen molar-refractivity contribution in [1.82, 2.24) is 19.4 Å². The molecule has 1 aliphatic heterocycles. The molecule has 0 spiro atoms. The smallest absolute Gasteiger partial charge is 0.410 e. The van der Waals surface area contributed by atoms with Crippen LogP contribution in [0.4, 0.5) is 16.3 Å². The lowest BCUT2D eigenvalue weighted by atomic mass is 10.1. The zero-order chi connectivity index (χ0) is 26.4. The third-order valence-electron chi connectivity index (χ3n) is 5.84. The van der Waals surface area contributed by atoms with Crippen LogP contribution >= 0.6 is 11.6 Å². The minimum atomic E-state index is -0.511. The number of amides is 1. The second-order valence-electron chi connectivity index (χ2n) is 9.86. The standard InChI is InChI=1S/C26H34ClN5O5/c1-26(2,3)37-25(34)32-9-6-19(7-10-32)36-22-5-4-18(16-20(22)27)30-24-23-21(28-17-29-24)8-11-31(23)12-14-35-15-13-33/h4-5,8,11,16-17,19,33H,6-7,9-10,12-15H2,1-3H3,(H,28,29,30). The summed E-state index contributed by atoms with van der Waals surface area (Å²) in [5.74, 6) is 1.25. The summed E-state index contributed by atoms with van der Waals surface area (Å²) in [6.45, 7) is 8.10. The number of carbonyl (C=O) groups excluding carboxylic acids is 1. The van der Waals surface area contributed by atoms with Gasteiger partial charge in [-0.05, 0) is 45.0 Å². The molecule has 11 heteroatoms. The van der Waals surface area contributed by atoms with Gasteiger partial charge in [0.05, 0.1) is 30.4 Å². The number of hydrogen-bond donors (Lipinski definition) is 2. The third kappa shape index (κ3) is 7.24. The summed E-state index contributed by atoms with van der Waals surface area (Å²) in [5.41, 5.74) is 1.91. The van der Waals surface area contributed by atoms with Crippen molar-refractivity contribution in [3.8, 4) is 5.75 Å². The number of ether oxygens (including phenoxy) is 3. The van der Waals surface area contributed by atoms with E-state index in [1.54, 1.807) is 11.0 Å². The number of carbonyl (C=O) groups is 1. The van der Waals surface area contributed by atoms with E-state index in [-0.39, 0.29) is 18.8 Å². The zero-order valence-corrected chi connectivity index (χ0v) is 22.2. The number of aromatic nitrogens is 3. The Bertz CT molecular complexity index is 1200. The largest absolute Gasteiger partial charge is 0.489 e. The van der Waals surface area contributed by atoms with Crippen LogP contribution in [0.3, 0.4) is 0 Å². The summed E-state index contributed by atoms with van der Waals surface area (Å²) in [6.07, 6.45) is 4.53. The van der Waals surface area contributed by atoms with Crippen molar-refractivity contribution in [2.75, 3.05) is 38.2 Å². The number of hydrogen-bond acceptors (Lipinski definition) is 8. The van der Waals surface area contributed by atoms with Crippen molar-refractivity contribution < 1.29 is 24.1 Å². The number of aliphatic hydroxyl groups is 1. The molecule has 0 unspecified atom stereocenters. The first-order valence-corrected chi connectivity index (χ1v) is 12.8. The predicted octanol–water partition coefficient (Wildman–Crippen LogP) is 4.62. The minimum absolute atomic E-state index is 0.00587. The van der Waals surface area contributed by atoms with Crippen LogP contribution in [0.5, 0.6) is 5.75 Å². The van der Waals surface area contributed by atoms with Gasteiger partial charge >= 0.3 is 6.09 Å². The van der Waals surface area contributed by atoms with E-state index in [4.69, 9.17) is 30.9 Å². The first-order chi connectivity index (χ1) is 17.7. The number of aliphatic hydroxyl groups excluding tert-OH is 1. The Labute approximate surface area is 221 Å². The van der Waals surface area contributed by atoms with E-state index < -0.39 is 5.60 Å². The molecule has 1 saturated heterocycles. The molecule has 2 N–H and O–H groups in total.